The summed E-state index contributed by atoms with van der Waals surface area (Å²) in [5.41, 5.74) is 1.09. The zero-order valence-electron chi connectivity index (χ0n) is 18.1. The van der Waals surface area contributed by atoms with Crippen LogP contribution in [0.15, 0.2) is 40.2 Å². The van der Waals surface area contributed by atoms with Crippen molar-refractivity contribution in [2.75, 3.05) is 6.61 Å². The van der Waals surface area contributed by atoms with E-state index in [1.807, 2.05) is 45.0 Å². The van der Waals surface area contributed by atoms with E-state index in [1.54, 1.807) is 13.8 Å². The minimum absolute atomic E-state index is 0.210. The van der Waals surface area contributed by atoms with Crippen LogP contribution < -0.4 is 11.2 Å². The molecule has 3 rings (SSSR count). The predicted molar refractivity (Wildman–Crippen MR) is 115 cm³/mol. The number of nitrogens with zero attached hydrogens (tertiary/aromatic N) is 4. The van der Waals surface area contributed by atoms with Gasteiger partial charge in [-0.05, 0) is 44.7 Å². The van der Waals surface area contributed by atoms with E-state index in [0.717, 1.165) is 5.56 Å². The maximum atomic E-state index is 13.4. The van der Waals surface area contributed by atoms with Gasteiger partial charge in [0.25, 0.3) is 5.56 Å². The molecule has 30 heavy (non-hydrogen) atoms. The number of imidazole rings is 1. The Hall–Kier alpha value is -3.16. The van der Waals surface area contributed by atoms with Crippen molar-refractivity contribution < 1.29 is 9.53 Å². The van der Waals surface area contributed by atoms with E-state index >= 15 is 0 Å². The summed E-state index contributed by atoms with van der Waals surface area (Å²) in [5.74, 6) is -0.138. The number of para-hydroxylation sites is 1. The number of esters is 1. The van der Waals surface area contributed by atoms with Crippen molar-refractivity contribution in [1.29, 1.82) is 0 Å². The monoisotopic (exact) mass is 412 g/mol. The Morgan fingerprint density at radius 2 is 1.87 bits per heavy atom. The lowest BCUT2D eigenvalue weighted by atomic mass is 10.1. The third kappa shape index (κ3) is 3.81. The number of aromatic nitrogens is 4. The first-order valence-electron chi connectivity index (χ1n) is 10.2. The second kappa shape index (κ2) is 8.69. The number of aryl methyl sites for hydroxylation is 1. The number of fused-ring (bicyclic) bond motifs is 1. The normalized spacial score (nSPS) is 12.5. The van der Waals surface area contributed by atoms with E-state index in [4.69, 9.17) is 4.74 Å². The molecule has 0 radical (unpaired) electrons. The second-order valence-corrected chi connectivity index (χ2v) is 7.80. The highest BCUT2D eigenvalue weighted by molar-refractivity contribution is 5.79. The molecule has 1 aromatic carbocycles. The zero-order chi connectivity index (χ0) is 22.0. The van der Waals surface area contributed by atoms with E-state index in [2.05, 4.69) is 4.98 Å². The Kier molecular flexibility index (Phi) is 6.24. The molecular formula is C22H28N4O4. The van der Waals surface area contributed by atoms with Crippen LogP contribution in [0.3, 0.4) is 0 Å². The van der Waals surface area contributed by atoms with Crippen LogP contribution in [0.2, 0.25) is 0 Å². The molecule has 0 spiro atoms. The van der Waals surface area contributed by atoms with E-state index in [0.29, 0.717) is 18.0 Å². The molecule has 0 aliphatic carbocycles. The first kappa shape index (κ1) is 21.5. The lowest BCUT2D eigenvalue weighted by Crippen LogP contribution is -2.41. The van der Waals surface area contributed by atoms with E-state index in [1.165, 1.54) is 20.0 Å². The van der Waals surface area contributed by atoms with E-state index in [9.17, 15) is 14.4 Å². The molecule has 0 fully saturated rings. The molecule has 8 nitrogen and oxygen atoms in total. The van der Waals surface area contributed by atoms with Gasteiger partial charge in [0.2, 0.25) is 0 Å². The van der Waals surface area contributed by atoms with Gasteiger partial charge in [-0.15, -0.1) is 0 Å². The topological polar surface area (TPSA) is 88.1 Å². The third-order valence-electron chi connectivity index (χ3n) is 5.19. The van der Waals surface area contributed by atoms with Crippen LogP contribution in [0.25, 0.3) is 16.9 Å². The standard InChI is InChI=1S/C22H28N4O4/c1-6-30-21(28)16(5)25-13-23-19-18(25)20(27)24(12-11-14(2)3)22(29)26(19)17-10-8-7-9-15(17)4/h7-10,13-14,16H,6,11-12H2,1-5H3. The van der Waals surface area contributed by atoms with Gasteiger partial charge in [-0.25, -0.2) is 19.1 Å². The highest BCUT2D eigenvalue weighted by Crippen LogP contribution is 2.19. The van der Waals surface area contributed by atoms with Crippen molar-refractivity contribution in [3.8, 4) is 5.69 Å². The highest BCUT2D eigenvalue weighted by Gasteiger charge is 2.25. The number of carbonyl (C=O) groups excluding carboxylic acids is 1. The summed E-state index contributed by atoms with van der Waals surface area (Å²) < 4.78 is 9.31. The van der Waals surface area contributed by atoms with Gasteiger partial charge in [-0.2, -0.15) is 0 Å². The first-order chi connectivity index (χ1) is 14.3. The fraction of sp³-hybridized carbons (Fsp3) is 0.455. The minimum atomic E-state index is -0.746. The van der Waals surface area contributed by atoms with Crippen LogP contribution in [0.1, 0.15) is 45.7 Å². The largest absolute Gasteiger partial charge is 0.464 e. The quantitative estimate of drug-likeness (QED) is 0.557. The molecule has 0 saturated carbocycles. The van der Waals surface area contributed by atoms with Crippen LogP contribution in [0.4, 0.5) is 0 Å². The van der Waals surface area contributed by atoms with Crippen molar-refractivity contribution in [3.63, 3.8) is 0 Å². The summed E-state index contributed by atoms with van der Waals surface area (Å²) in [6, 6.07) is 6.69. The van der Waals surface area contributed by atoms with Gasteiger partial charge in [-0.1, -0.05) is 32.0 Å². The average Bonchev–Trinajstić information content (AvgIpc) is 3.13. The molecular weight excluding hydrogens is 384 g/mol. The molecule has 160 valence electrons. The Labute approximate surface area is 174 Å². The molecule has 0 amide bonds. The van der Waals surface area contributed by atoms with Gasteiger partial charge >= 0.3 is 11.7 Å². The van der Waals surface area contributed by atoms with E-state index < -0.39 is 23.3 Å². The highest BCUT2D eigenvalue weighted by atomic mass is 16.5. The van der Waals surface area contributed by atoms with Crippen LogP contribution >= 0.6 is 0 Å². The molecule has 0 aliphatic rings. The molecule has 0 N–H and O–H groups in total. The number of ether oxygens (including phenoxy) is 1. The maximum Gasteiger partial charge on any atom is 0.337 e. The smallest absolute Gasteiger partial charge is 0.337 e. The number of carbonyl (C=O) groups is 1. The summed E-state index contributed by atoms with van der Waals surface area (Å²) >= 11 is 0. The van der Waals surface area contributed by atoms with Crippen molar-refractivity contribution in [2.24, 2.45) is 5.92 Å². The summed E-state index contributed by atoms with van der Waals surface area (Å²) in [5, 5.41) is 0. The molecule has 0 bridgehead atoms. The number of hydrogen-bond donors (Lipinski definition) is 0. The zero-order valence-corrected chi connectivity index (χ0v) is 18.1. The summed E-state index contributed by atoms with van der Waals surface area (Å²) in [4.78, 5) is 43.4. The maximum absolute atomic E-state index is 13.4. The summed E-state index contributed by atoms with van der Waals surface area (Å²) in [7, 11) is 0. The number of rotatable bonds is 7. The molecule has 8 heteroatoms. The van der Waals surface area contributed by atoms with Gasteiger partial charge in [0.1, 0.15) is 6.04 Å². The third-order valence-corrected chi connectivity index (χ3v) is 5.19. The van der Waals surface area contributed by atoms with Crippen molar-refractivity contribution >= 4 is 17.1 Å². The van der Waals surface area contributed by atoms with Gasteiger partial charge in [-0.3, -0.25) is 9.36 Å². The van der Waals surface area contributed by atoms with Gasteiger partial charge < -0.3 is 9.30 Å². The predicted octanol–water partition coefficient (Wildman–Crippen LogP) is 2.83. The number of hydrogen-bond acceptors (Lipinski definition) is 5. The summed E-state index contributed by atoms with van der Waals surface area (Å²) in [6.45, 7) is 9.88. The first-order valence-corrected chi connectivity index (χ1v) is 10.2. The van der Waals surface area contributed by atoms with Gasteiger partial charge in [0.15, 0.2) is 11.2 Å². The van der Waals surface area contributed by atoms with Crippen molar-refractivity contribution in [1.82, 2.24) is 18.7 Å². The number of benzene rings is 1. The van der Waals surface area contributed by atoms with Crippen LogP contribution in [-0.4, -0.2) is 31.3 Å². The average molecular weight is 412 g/mol. The Morgan fingerprint density at radius 1 is 1.17 bits per heavy atom. The fourth-order valence-electron chi connectivity index (χ4n) is 3.43. The lowest BCUT2D eigenvalue weighted by molar-refractivity contribution is -0.146. The SMILES string of the molecule is CCOC(=O)C(C)n1cnc2c1c(=O)n(CCC(C)C)c(=O)n2-c1ccccc1C. The van der Waals surface area contributed by atoms with Crippen molar-refractivity contribution in [2.45, 2.75) is 53.6 Å². The minimum Gasteiger partial charge on any atom is -0.464 e. The molecule has 1 unspecified atom stereocenters. The van der Waals surface area contributed by atoms with E-state index in [-0.39, 0.29) is 24.3 Å². The summed E-state index contributed by atoms with van der Waals surface area (Å²) in [6.07, 6.45) is 2.10. The molecule has 0 saturated heterocycles. The van der Waals surface area contributed by atoms with Crippen LogP contribution in [-0.2, 0) is 16.1 Å². The lowest BCUT2D eigenvalue weighted by Gasteiger charge is -2.16. The van der Waals surface area contributed by atoms with Crippen LogP contribution in [0.5, 0.6) is 0 Å². The van der Waals surface area contributed by atoms with Gasteiger partial charge in [0.05, 0.1) is 18.6 Å². The van der Waals surface area contributed by atoms with Crippen LogP contribution in [0, 0.1) is 12.8 Å². The van der Waals surface area contributed by atoms with Crippen molar-refractivity contribution in [3.05, 3.63) is 57.0 Å². The molecule has 0 aliphatic heterocycles. The van der Waals surface area contributed by atoms with Gasteiger partial charge in [0, 0.05) is 6.54 Å². The fourth-order valence-corrected chi connectivity index (χ4v) is 3.43. The molecule has 3 aromatic rings. The molecule has 1 atom stereocenters. The molecule has 2 heterocycles. The second-order valence-electron chi connectivity index (χ2n) is 7.80. The Balaban J connectivity index is 2.35. The molecule has 2 aromatic heterocycles. The Bertz CT molecular complexity index is 1190. The Morgan fingerprint density at radius 3 is 2.50 bits per heavy atom.